The third-order valence-electron chi connectivity index (χ3n) is 4.52. The Morgan fingerprint density at radius 1 is 1.21 bits per heavy atom. The number of anilines is 1. The van der Waals surface area contributed by atoms with Gasteiger partial charge in [-0.25, -0.2) is 4.21 Å². The molecule has 0 bridgehead atoms. The van der Waals surface area contributed by atoms with Crippen molar-refractivity contribution in [2.45, 2.75) is 5.92 Å². The summed E-state index contributed by atoms with van der Waals surface area (Å²) in [5.74, 6) is -0.248. The zero-order chi connectivity index (χ0) is 20.3. The van der Waals surface area contributed by atoms with Crippen LogP contribution in [0.1, 0.15) is 11.5 Å². The molecule has 0 aliphatic rings. The third-order valence-corrected chi connectivity index (χ3v) is 5.04. The Balaban J connectivity index is 2.27. The van der Waals surface area contributed by atoms with E-state index in [1.54, 1.807) is 37.2 Å². The summed E-state index contributed by atoms with van der Waals surface area (Å²) >= 11 is 0. The first kappa shape index (κ1) is 19.7. The number of hydrogen-bond acceptors (Lipinski definition) is 4. The fourth-order valence-electron chi connectivity index (χ4n) is 3.22. The Kier molecular flexibility index (Phi) is 5.84. The van der Waals surface area contributed by atoms with Crippen LogP contribution >= 0.6 is 0 Å². The zero-order valence-corrected chi connectivity index (χ0v) is 16.8. The first-order valence-corrected chi connectivity index (χ1v) is 10.3. The van der Waals surface area contributed by atoms with Crippen LogP contribution in [0.25, 0.3) is 21.9 Å². The second kappa shape index (κ2) is 8.31. The number of aliphatic imine (C=N–C) groups is 1. The number of hydrogen-bond donors (Lipinski definition) is 2. The van der Waals surface area contributed by atoms with Crippen LogP contribution in [0.5, 0.6) is 0 Å². The molecule has 1 aromatic heterocycles. The van der Waals surface area contributed by atoms with E-state index in [2.05, 4.69) is 9.71 Å². The Hall–Kier alpha value is -3.06. The number of nitrogens with zero attached hydrogens (tertiary/aromatic N) is 2. The third kappa shape index (κ3) is 3.94. The first-order valence-electron chi connectivity index (χ1n) is 8.71. The van der Waals surface area contributed by atoms with E-state index in [4.69, 9.17) is 5.41 Å². The lowest BCUT2D eigenvalue weighted by molar-refractivity contribution is 0.690. The molecule has 6 nitrogen and oxygen atoms in total. The topological polar surface area (TPSA) is 87.3 Å². The van der Waals surface area contributed by atoms with E-state index in [0.29, 0.717) is 5.39 Å². The summed E-state index contributed by atoms with van der Waals surface area (Å²) in [7, 11) is 2.23. The minimum atomic E-state index is -1.17. The van der Waals surface area contributed by atoms with Gasteiger partial charge >= 0.3 is 0 Å². The van der Waals surface area contributed by atoms with E-state index < -0.39 is 11.0 Å². The highest BCUT2D eigenvalue weighted by Crippen LogP contribution is 2.30. The Morgan fingerprint density at radius 2 is 2.00 bits per heavy atom. The van der Waals surface area contributed by atoms with Crippen molar-refractivity contribution in [1.82, 2.24) is 4.57 Å². The number of nitrogens with one attached hydrogen (secondary N) is 2. The second-order valence-electron chi connectivity index (χ2n) is 6.50. The van der Waals surface area contributed by atoms with Crippen LogP contribution in [0.3, 0.4) is 0 Å². The molecule has 0 aliphatic heterocycles. The van der Waals surface area contributed by atoms with Crippen LogP contribution in [0.2, 0.25) is 0 Å². The number of benzene rings is 2. The summed E-state index contributed by atoms with van der Waals surface area (Å²) in [6.07, 6.45) is 6.42. The van der Waals surface area contributed by atoms with Crippen LogP contribution in [0, 0.1) is 5.41 Å². The highest BCUT2D eigenvalue weighted by atomic mass is 32.2. The van der Waals surface area contributed by atoms with E-state index in [9.17, 15) is 9.00 Å². The fraction of sp³-hybridized carbons (Fsp3) is 0.190. The lowest BCUT2D eigenvalue weighted by atomic mass is 9.94. The molecule has 28 heavy (non-hydrogen) atoms. The van der Waals surface area contributed by atoms with Crippen LogP contribution < -0.4 is 10.3 Å². The predicted octanol–water partition coefficient (Wildman–Crippen LogP) is 3.34. The van der Waals surface area contributed by atoms with Crippen LogP contribution in [0.15, 0.2) is 58.4 Å². The molecule has 0 aliphatic carbocycles. The number of aryl methyl sites for hydroxylation is 1. The quantitative estimate of drug-likeness (QED) is 0.628. The van der Waals surface area contributed by atoms with Gasteiger partial charge in [0.15, 0.2) is 0 Å². The van der Waals surface area contributed by atoms with Crippen molar-refractivity contribution in [3.05, 3.63) is 64.6 Å². The number of aromatic nitrogens is 1. The van der Waals surface area contributed by atoms with Gasteiger partial charge in [0.2, 0.25) is 0 Å². The molecule has 3 aromatic rings. The van der Waals surface area contributed by atoms with Crippen LogP contribution in [-0.4, -0.2) is 34.5 Å². The summed E-state index contributed by atoms with van der Waals surface area (Å²) in [4.78, 5) is 16.7. The van der Waals surface area contributed by atoms with Crippen LogP contribution in [0.4, 0.5) is 5.69 Å². The number of fused-ring (bicyclic) bond motifs is 1. The summed E-state index contributed by atoms with van der Waals surface area (Å²) in [5, 5.41) is 9.10. The molecule has 2 atom stereocenters. The van der Waals surface area contributed by atoms with E-state index in [1.807, 2.05) is 42.6 Å². The van der Waals surface area contributed by atoms with Crippen molar-refractivity contribution in [3.63, 3.8) is 0 Å². The van der Waals surface area contributed by atoms with Gasteiger partial charge < -0.3 is 14.7 Å². The molecule has 0 saturated heterocycles. The van der Waals surface area contributed by atoms with Gasteiger partial charge in [0.05, 0.1) is 5.92 Å². The molecule has 0 saturated carbocycles. The van der Waals surface area contributed by atoms with E-state index in [-0.39, 0.29) is 11.5 Å². The smallest absolute Gasteiger partial charge is 0.258 e. The molecule has 2 aromatic carbocycles. The van der Waals surface area contributed by atoms with Gasteiger partial charge in [-0.3, -0.25) is 9.79 Å². The lowest BCUT2D eigenvalue weighted by Crippen LogP contribution is -2.17. The minimum Gasteiger partial charge on any atom is -0.317 e. The normalized spacial score (nSPS) is 13.5. The standard InChI is InChI=1S/C21H22N4O2S/c1-23-12-16(11-22)14-7-8-18-19(10-14)20(13-25(2)21(18)26)15-5-4-6-17(9-15)24-28(3)27/h4-13,16,22,24H,1-3H3. The molecule has 2 N–H and O–H groups in total. The molecule has 7 heteroatoms. The largest absolute Gasteiger partial charge is 0.317 e. The van der Waals surface area contributed by atoms with Crippen molar-refractivity contribution >= 4 is 39.9 Å². The van der Waals surface area contributed by atoms with E-state index >= 15 is 0 Å². The molecule has 0 amide bonds. The average molecular weight is 395 g/mol. The summed E-state index contributed by atoms with van der Waals surface area (Å²) in [6, 6.07) is 13.2. The minimum absolute atomic E-state index is 0.0789. The lowest BCUT2D eigenvalue weighted by Gasteiger charge is -2.14. The van der Waals surface area contributed by atoms with Crippen molar-refractivity contribution in [2.75, 3.05) is 18.0 Å². The van der Waals surface area contributed by atoms with Crippen LogP contribution in [-0.2, 0) is 18.0 Å². The second-order valence-corrected chi connectivity index (χ2v) is 7.61. The van der Waals surface area contributed by atoms with Crippen molar-refractivity contribution in [1.29, 1.82) is 5.41 Å². The highest BCUT2D eigenvalue weighted by molar-refractivity contribution is 7.85. The molecular formula is C21H22N4O2S. The molecule has 144 valence electrons. The predicted molar refractivity (Wildman–Crippen MR) is 118 cm³/mol. The summed E-state index contributed by atoms with van der Waals surface area (Å²) in [5.41, 5.74) is 3.36. The van der Waals surface area contributed by atoms with Gasteiger partial charge in [0, 0.05) is 55.6 Å². The van der Waals surface area contributed by atoms with Crippen molar-refractivity contribution in [2.24, 2.45) is 12.0 Å². The fourth-order valence-corrected chi connectivity index (χ4v) is 3.68. The average Bonchev–Trinajstić information content (AvgIpc) is 2.68. The number of pyridine rings is 1. The Morgan fingerprint density at radius 3 is 2.68 bits per heavy atom. The molecule has 2 unspecified atom stereocenters. The molecule has 0 radical (unpaired) electrons. The van der Waals surface area contributed by atoms with E-state index in [0.717, 1.165) is 27.8 Å². The van der Waals surface area contributed by atoms with Gasteiger partial charge in [-0.1, -0.05) is 18.2 Å². The maximum atomic E-state index is 12.6. The van der Waals surface area contributed by atoms with Gasteiger partial charge in [0.25, 0.3) is 5.56 Å². The maximum Gasteiger partial charge on any atom is 0.258 e. The SMILES string of the molecule is CN=CC(C=N)c1ccc2c(=O)n(C)cc(-c3cccc(NS(C)=O)c3)c2c1. The van der Waals surface area contributed by atoms with Gasteiger partial charge in [-0.15, -0.1) is 0 Å². The molecule has 1 heterocycles. The highest BCUT2D eigenvalue weighted by Gasteiger charge is 2.13. The molecule has 0 fully saturated rings. The van der Waals surface area contributed by atoms with Crippen molar-refractivity contribution < 1.29 is 4.21 Å². The molecule has 3 rings (SSSR count). The summed E-state index contributed by atoms with van der Waals surface area (Å²) in [6.45, 7) is 0. The first-order chi connectivity index (χ1) is 13.4. The molecular weight excluding hydrogens is 372 g/mol. The zero-order valence-electron chi connectivity index (χ0n) is 16.0. The summed E-state index contributed by atoms with van der Waals surface area (Å²) < 4.78 is 16.0. The maximum absolute atomic E-state index is 12.6. The Bertz CT molecular complexity index is 1150. The van der Waals surface area contributed by atoms with Gasteiger partial charge in [0.1, 0.15) is 11.0 Å². The number of rotatable bonds is 6. The molecule has 0 spiro atoms. The monoisotopic (exact) mass is 394 g/mol. The van der Waals surface area contributed by atoms with E-state index in [1.165, 1.54) is 6.21 Å². The Labute approximate surface area is 166 Å². The van der Waals surface area contributed by atoms with Gasteiger partial charge in [-0.2, -0.15) is 0 Å². The van der Waals surface area contributed by atoms with Crippen molar-refractivity contribution in [3.8, 4) is 11.1 Å². The van der Waals surface area contributed by atoms with Gasteiger partial charge in [-0.05, 0) is 40.8 Å².